The molecule has 1 heterocycles. The fraction of sp³-hybridized carbons (Fsp3) is 0.444. The number of aromatic nitrogens is 1. The van der Waals surface area contributed by atoms with Crippen molar-refractivity contribution in [2.45, 2.75) is 18.0 Å². The van der Waals surface area contributed by atoms with Gasteiger partial charge in [0.05, 0.1) is 0 Å². The maximum absolute atomic E-state index is 12.2. The molecule has 0 saturated carbocycles. The first kappa shape index (κ1) is 15.8. The standard InChI is InChI=1S/C9H10ClF3N2O3S/c1-2-15(5-9(11,12)13)8(16)7-3-6(4-14-7)19(10,17)18/h3-4,14H,2,5H2,1H3. The van der Waals surface area contributed by atoms with E-state index in [0.717, 1.165) is 12.3 Å². The number of halogens is 4. The highest BCUT2D eigenvalue weighted by molar-refractivity contribution is 8.13. The van der Waals surface area contributed by atoms with Crippen LogP contribution in [0.2, 0.25) is 0 Å². The van der Waals surface area contributed by atoms with Gasteiger partial charge in [0, 0.05) is 23.4 Å². The number of alkyl halides is 3. The summed E-state index contributed by atoms with van der Waals surface area (Å²) in [7, 11) is 1.01. The number of nitrogens with zero attached hydrogens (tertiary/aromatic N) is 1. The van der Waals surface area contributed by atoms with E-state index in [0.29, 0.717) is 4.90 Å². The molecule has 1 aromatic heterocycles. The van der Waals surface area contributed by atoms with Crippen LogP contribution in [0.5, 0.6) is 0 Å². The van der Waals surface area contributed by atoms with Gasteiger partial charge in [0.15, 0.2) is 0 Å². The monoisotopic (exact) mass is 318 g/mol. The first-order chi connectivity index (χ1) is 8.54. The van der Waals surface area contributed by atoms with Crippen molar-refractivity contribution in [2.24, 2.45) is 0 Å². The SMILES string of the molecule is CCN(CC(F)(F)F)C(=O)c1cc(S(=O)(=O)Cl)c[nH]1. The van der Waals surface area contributed by atoms with E-state index in [-0.39, 0.29) is 17.1 Å². The zero-order chi connectivity index (χ0) is 14.8. The molecule has 19 heavy (non-hydrogen) atoms. The van der Waals surface area contributed by atoms with Crippen molar-refractivity contribution >= 4 is 25.6 Å². The third-order valence-electron chi connectivity index (χ3n) is 2.21. The van der Waals surface area contributed by atoms with Crippen LogP contribution in [0.4, 0.5) is 13.2 Å². The molecule has 1 aromatic rings. The number of carbonyl (C=O) groups is 1. The van der Waals surface area contributed by atoms with Crippen LogP contribution in [-0.2, 0) is 9.05 Å². The highest BCUT2D eigenvalue weighted by atomic mass is 35.7. The van der Waals surface area contributed by atoms with Crippen LogP contribution in [0, 0.1) is 0 Å². The van der Waals surface area contributed by atoms with E-state index >= 15 is 0 Å². The first-order valence-corrected chi connectivity index (χ1v) is 7.34. The van der Waals surface area contributed by atoms with Crippen LogP contribution in [0.15, 0.2) is 17.2 Å². The molecular weight excluding hydrogens is 309 g/mol. The molecule has 0 unspecified atom stereocenters. The summed E-state index contributed by atoms with van der Waals surface area (Å²) in [5.74, 6) is -0.952. The Morgan fingerprint density at radius 1 is 1.47 bits per heavy atom. The molecule has 0 bridgehead atoms. The normalized spacial score (nSPS) is 12.5. The van der Waals surface area contributed by atoms with Gasteiger partial charge in [-0.15, -0.1) is 0 Å². The maximum atomic E-state index is 12.2. The van der Waals surface area contributed by atoms with Crippen LogP contribution in [0.1, 0.15) is 17.4 Å². The number of rotatable bonds is 4. The third-order valence-corrected chi connectivity index (χ3v) is 3.54. The quantitative estimate of drug-likeness (QED) is 0.863. The van der Waals surface area contributed by atoms with Crippen LogP contribution in [-0.4, -0.2) is 43.5 Å². The molecule has 108 valence electrons. The first-order valence-electron chi connectivity index (χ1n) is 5.03. The zero-order valence-corrected chi connectivity index (χ0v) is 11.2. The largest absolute Gasteiger partial charge is 0.406 e. The smallest absolute Gasteiger partial charge is 0.356 e. The van der Waals surface area contributed by atoms with E-state index in [1.54, 1.807) is 0 Å². The van der Waals surface area contributed by atoms with Crippen LogP contribution in [0.25, 0.3) is 0 Å². The number of aromatic amines is 1. The topological polar surface area (TPSA) is 70.2 Å². The van der Waals surface area contributed by atoms with Gasteiger partial charge in [-0.2, -0.15) is 13.2 Å². The third kappa shape index (κ3) is 4.43. The van der Waals surface area contributed by atoms with Gasteiger partial charge < -0.3 is 9.88 Å². The summed E-state index contributed by atoms with van der Waals surface area (Å²) in [5.41, 5.74) is -0.273. The predicted octanol–water partition coefficient (Wildman–Crippen LogP) is 1.97. The van der Waals surface area contributed by atoms with Gasteiger partial charge in [0.2, 0.25) is 0 Å². The molecular formula is C9H10ClF3N2O3S. The molecule has 0 spiro atoms. The molecule has 0 aliphatic carbocycles. The Hall–Kier alpha value is -1.22. The Morgan fingerprint density at radius 2 is 2.05 bits per heavy atom. The summed E-state index contributed by atoms with van der Waals surface area (Å²) >= 11 is 0. The van der Waals surface area contributed by atoms with Gasteiger partial charge in [-0.1, -0.05) is 0 Å². The molecule has 0 aliphatic heterocycles. The minimum Gasteiger partial charge on any atom is -0.356 e. The lowest BCUT2D eigenvalue weighted by Gasteiger charge is -2.21. The minimum atomic E-state index is -4.53. The summed E-state index contributed by atoms with van der Waals surface area (Å²) in [6, 6.07) is 0.893. The van der Waals surface area contributed by atoms with Crippen LogP contribution in [0.3, 0.4) is 0 Å². The molecule has 0 aromatic carbocycles. The lowest BCUT2D eigenvalue weighted by atomic mass is 10.3. The van der Waals surface area contributed by atoms with Crippen LogP contribution < -0.4 is 0 Å². The number of nitrogens with one attached hydrogen (secondary N) is 1. The number of hydrogen-bond donors (Lipinski definition) is 1. The lowest BCUT2D eigenvalue weighted by Crippen LogP contribution is -2.38. The predicted molar refractivity (Wildman–Crippen MR) is 61.5 cm³/mol. The molecule has 1 amide bonds. The Kier molecular flexibility index (Phi) is 4.51. The summed E-state index contributed by atoms with van der Waals surface area (Å²) < 4.78 is 58.7. The highest BCUT2D eigenvalue weighted by Gasteiger charge is 2.33. The van der Waals surface area contributed by atoms with Crippen molar-refractivity contribution < 1.29 is 26.4 Å². The second-order valence-corrected chi connectivity index (χ2v) is 6.19. The van der Waals surface area contributed by atoms with E-state index in [9.17, 15) is 26.4 Å². The second-order valence-electron chi connectivity index (χ2n) is 3.62. The average molecular weight is 319 g/mol. The molecule has 1 rings (SSSR count). The van der Waals surface area contributed by atoms with E-state index in [1.165, 1.54) is 6.92 Å². The second kappa shape index (κ2) is 5.41. The van der Waals surface area contributed by atoms with Crippen molar-refractivity contribution in [1.29, 1.82) is 0 Å². The van der Waals surface area contributed by atoms with Crippen LogP contribution >= 0.6 is 10.7 Å². The molecule has 0 atom stereocenters. The molecule has 0 aliphatic rings. The Labute approximate surface area is 111 Å². The van der Waals surface area contributed by atoms with Crippen molar-refractivity contribution in [1.82, 2.24) is 9.88 Å². The minimum absolute atomic E-state index is 0.166. The van der Waals surface area contributed by atoms with E-state index in [4.69, 9.17) is 10.7 Å². The van der Waals surface area contributed by atoms with Crippen molar-refractivity contribution in [3.63, 3.8) is 0 Å². The fourth-order valence-electron chi connectivity index (χ4n) is 1.35. The van der Waals surface area contributed by atoms with E-state index in [2.05, 4.69) is 4.98 Å². The molecule has 0 radical (unpaired) electrons. The van der Waals surface area contributed by atoms with Gasteiger partial charge in [0.25, 0.3) is 15.0 Å². The van der Waals surface area contributed by atoms with Gasteiger partial charge in [-0.3, -0.25) is 4.79 Å². The number of H-pyrrole nitrogens is 1. The van der Waals surface area contributed by atoms with Gasteiger partial charge >= 0.3 is 6.18 Å². The Bertz CT molecular complexity index is 568. The summed E-state index contributed by atoms with van der Waals surface area (Å²) in [6.45, 7) is -0.198. The molecule has 0 fully saturated rings. The summed E-state index contributed by atoms with van der Waals surface area (Å²) in [6.07, 6.45) is -3.59. The Balaban J connectivity index is 2.96. The average Bonchev–Trinajstić information content (AvgIpc) is 2.72. The highest BCUT2D eigenvalue weighted by Crippen LogP contribution is 2.20. The lowest BCUT2D eigenvalue weighted by molar-refractivity contribution is -0.140. The molecule has 1 N–H and O–H groups in total. The summed E-state index contributed by atoms with van der Waals surface area (Å²) in [4.78, 5) is 14.2. The van der Waals surface area contributed by atoms with E-state index in [1.807, 2.05) is 0 Å². The zero-order valence-electron chi connectivity index (χ0n) is 9.66. The van der Waals surface area contributed by atoms with Crippen molar-refractivity contribution in [3.8, 4) is 0 Å². The summed E-state index contributed by atoms with van der Waals surface area (Å²) in [5, 5.41) is 0. The molecule has 10 heteroatoms. The van der Waals surface area contributed by atoms with Gasteiger partial charge in [-0.05, 0) is 13.0 Å². The number of carbonyl (C=O) groups excluding carboxylic acids is 1. The number of hydrogen-bond acceptors (Lipinski definition) is 3. The molecule has 5 nitrogen and oxygen atoms in total. The molecule has 0 saturated heterocycles. The number of amides is 1. The van der Waals surface area contributed by atoms with Gasteiger partial charge in [-0.25, -0.2) is 8.42 Å². The van der Waals surface area contributed by atoms with Gasteiger partial charge in [0.1, 0.15) is 17.1 Å². The van der Waals surface area contributed by atoms with Crippen molar-refractivity contribution in [2.75, 3.05) is 13.1 Å². The Morgan fingerprint density at radius 3 is 2.42 bits per heavy atom. The maximum Gasteiger partial charge on any atom is 0.406 e. The van der Waals surface area contributed by atoms with Crippen molar-refractivity contribution in [3.05, 3.63) is 18.0 Å². The fourth-order valence-corrected chi connectivity index (χ4v) is 2.08. The van der Waals surface area contributed by atoms with E-state index < -0.39 is 27.7 Å².